The maximum Gasteiger partial charge on any atom is 0.261 e. The minimum absolute atomic E-state index is 0.100. The molecule has 0 fully saturated rings. The van der Waals surface area contributed by atoms with E-state index in [1.165, 1.54) is 10.4 Å². The van der Waals surface area contributed by atoms with Crippen LogP contribution in [0.1, 0.15) is 75.2 Å². The Hall–Kier alpha value is -2.56. The molecule has 0 aliphatic carbocycles. The van der Waals surface area contributed by atoms with Crippen molar-refractivity contribution < 1.29 is 17.3 Å². The first kappa shape index (κ1) is 39.9. The summed E-state index contributed by atoms with van der Waals surface area (Å²) in [5.74, 6) is 0.142. The van der Waals surface area contributed by atoms with Crippen molar-refractivity contribution in [1.82, 2.24) is 0 Å². The highest BCUT2D eigenvalue weighted by atomic mass is 32.2. The van der Waals surface area contributed by atoms with E-state index in [1.54, 1.807) is 24.3 Å². The number of benzene rings is 3. The predicted octanol–water partition coefficient (Wildman–Crippen LogP) is 9.74. The van der Waals surface area contributed by atoms with E-state index in [0.29, 0.717) is 24.5 Å². The molecule has 0 aromatic heterocycles. The molecule has 3 rings (SSSR count). The van der Waals surface area contributed by atoms with E-state index in [9.17, 15) is 8.42 Å². The van der Waals surface area contributed by atoms with Crippen molar-refractivity contribution in [2.75, 3.05) is 13.2 Å². The van der Waals surface area contributed by atoms with Gasteiger partial charge in [-0.15, -0.1) is 0 Å². The molecular formula is C41H60O4SSi2. The molecule has 262 valence electrons. The van der Waals surface area contributed by atoms with E-state index in [0.717, 1.165) is 17.6 Å². The highest BCUT2D eigenvalue weighted by molar-refractivity contribution is 7.92. The third kappa shape index (κ3) is 9.78. The van der Waals surface area contributed by atoms with Crippen molar-refractivity contribution in [2.45, 2.75) is 108 Å². The van der Waals surface area contributed by atoms with E-state index in [4.69, 9.17) is 8.85 Å². The Labute approximate surface area is 294 Å². The molecule has 3 aromatic carbocycles. The number of allylic oxidation sites excluding steroid dienone is 2. The summed E-state index contributed by atoms with van der Waals surface area (Å²) in [7, 11) is -8.17. The molecule has 0 aliphatic heterocycles. The summed E-state index contributed by atoms with van der Waals surface area (Å²) in [6.07, 6.45) is 5.26. The van der Waals surface area contributed by atoms with Crippen LogP contribution < -0.4 is 10.4 Å². The lowest BCUT2D eigenvalue weighted by Gasteiger charge is -2.43. The molecule has 1 unspecified atom stereocenters. The van der Waals surface area contributed by atoms with Gasteiger partial charge in [0, 0.05) is 6.61 Å². The molecule has 7 heteroatoms. The average molecular weight is 705 g/mol. The SMILES string of the molecule is C/C(=C\CO[Si](C)(C)C(C)(C)C)CC(/C=C(\C)[C@@H](C)CCO[Si](c1ccccc1)(c1ccccc1)C(C)(C)C)S(=O)(=O)c1ccccc1. The third-order valence-corrected chi connectivity index (χ3v) is 21.8. The Morgan fingerprint density at radius 3 is 1.69 bits per heavy atom. The van der Waals surface area contributed by atoms with Crippen LogP contribution in [0.5, 0.6) is 0 Å². The van der Waals surface area contributed by atoms with Gasteiger partial charge >= 0.3 is 0 Å². The quantitative estimate of drug-likeness (QED) is 0.117. The van der Waals surface area contributed by atoms with Crippen molar-refractivity contribution in [2.24, 2.45) is 5.92 Å². The molecular weight excluding hydrogens is 645 g/mol. The third-order valence-electron chi connectivity index (χ3n) is 10.2. The summed E-state index contributed by atoms with van der Waals surface area (Å²) < 4.78 is 41.6. The van der Waals surface area contributed by atoms with E-state index >= 15 is 0 Å². The van der Waals surface area contributed by atoms with E-state index in [-0.39, 0.29) is 16.0 Å². The molecule has 0 bridgehead atoms. The van der Waals surface area contributed by atoms with Crippen LogP contribution >= 0.6 is 0 Å². The number of hydrogen-bond acceptors (Lipinski definition) is 4. The lowest BCUT2D eigenvalue weighted by Crippen LogP contribution is -2.66. The molecule has 0 N–H and O–H groups in total. The van der Waals surface area contributed by atoms with Gasteiger partial charge in [-0.25, -0.2) is 8.42 Å². The van der Waals surface area contributed by atoms with Crippen molar-refractivity contribution in [3.63, 3.8) is 0 Å². The standard InChI is InChI=1S/C41H60O4SSi2/c1-33(27-29-44-47(10,11)40(4,5)6)31-37(46(42,43)36-21-15-12-16-22-36)32-35(3)34(2)28-30-45-48(41(7,8)9,38-23-17-13-18-24-38)39-25-19-14-20-26-39/h12-27,32,34,37H,28-31H2,1-11H3/b33-27+,35-32+/t34-,37?/m0/s1. The number of rotatable bonds is 15. The van der Waals surface area contributed by atoms with Gasteiger partial charge in [-0.05, 0) is 78.3 Å². The molecule has 0 saturated carbocycles. The number of sulfone groups is 1. The zero-order valence-corrected chi connectivity index (χ0v) is 34.2. The van der Waals surface area contributed by atoms with Crippen molar-refractivity contribution in [3.05, 3.63) is 114 Å². The lowest BCUT2D eigenvalue weighted by atomic mass is 9.97. The average Bonchev–Trinajstić information content (AvgIpc) is 3.02. The van der Waals surface area contributed by atoms with Gasteiger partial charge in [0.15, 0.2) is 18.2 Å². The van der Waals surface area contributed by atoms with Crippen molar-refractivity contribution in [3.8, 4) is 0 Å². The Kier molecular flexibility index (Phi) is 13.7. The molecule has 0 amide bonds. The smallest absolute Gasteiger partial charge is 0.261 e. The van der Waals surface area contributed by atoms with Gasteiger partial charge in [0.1, 0.15) is 0 Å². The van der Waals surface area contributed by atoms with Crippen LogP contribution in [0.2, 0.25) is 23.2 Å². The Balaban J connectivity index is 1.87. The molecule has 4 nitrogen and oxygen atoms in total. The van der Waals surface area contributed by atoms with Crippen LogP contribution in [-0.4, -0.2) is 43.5 Å². The summed E-state index contributed by atoms with van der Waals surface area (Å²) in [5.41, 5.74) is 2.08. The molecule has 0 radical (unpaired) electrons. The van der Waals surface area contributed by atoms with Gasteiger partial charge in [-0.2, -0.15) is 0 Å². The van der Waals surface area contributed by atoms with Crippen LogP contribution in [-0.2, 0) is 18.7 Å². The van der Waals surface area contributed by atoms with Gasteiger partial charge in [0.25, 0.3) is 8.32 Å². The molecule has 3 aromatic rings. The van der Waals surface area contributed by atoms with Crippen LogP contribution in [0.3, 0.4) is 0 Å². The van der Waals surface area contributed by atoms with Crippen molar-refractivity contribution in [1.29, 1.82) is 0 Å². The van der Waals surface area contributed by atoms with Crippen LogP contribution in [0.25, 0.3) is 0 Å². The minimum Gasteiger partial charge on any atom is -0.413 e. The Morgan fingerprint density at radius 2 is 1.23 bits per heavy atom. The van der Waals surface area contributed by atoms with Crippen LogP contribution in [0.4, 0.5) is 0 Å². The monoisotopic (exact) mass is 704 g/mol. The first-order valence-electron chi connectivity index (χ1n) is 17.3. The summed E-state index contributed by atoms with van der Waals surface area (Å²) in [4.78, 5) is 0.354. The largest absolute Gasteiger partial charge is 0.413 e. The van der Waals surface area contributed by atoms with Gasteiger partial charge in [-0.1, -0.05) is 151 Å². The van der Waals surface area contributed by atoms with E-state index in [2.05, 4.69) is 135 Å². The molecule has 2 atom stereocenters. The first-order valence-corrected chi connectivity index (χ1v) is 23.7. The summed E-state index contributed by atoms with van der Waals surface area (Å²) in [6, 6.07) is 30.2. The second-order valence-corrected chi connectivity index (χ2v) is 27.1. The zero-order chi connectivity index (χ0) is 35.8. The van der Waals surface area contributed by atoms with Crippen LogP contribution in [0, 0.1) is 5.92 Å². The normalized spacial score (nSPS) is 15.3. The van der Waals surface area contributed by atoms with Crippen LogP contribution in [0.15, 0.2) is 119 Å². The van der Waals surface area contributed by atoms with Gasteiger partial charge < -0.3 is 8.85 Å². The number of hydrogen-bond donors (Lipinski definition) is 0. The Morgan fingerprint density at radius 1 is 0.750 bits per heavy atom. The molecule has 48 heavy (non-hydrogen) atoms. The first-order chi connectivity index (χ1) is 22.3. The fourth-order valence-corrected chi connectivity index (χ4v) is 13.2. The lowest BCUT2D eigenvalue weighted by molar-refractivity contribution is 0.276. The minimum atomic E-state index is -3.61. The topological polar surface area (TPSA) is 52.6 Å². The molecule has 0 aliphatic rings. The molecule has 0 spiro atoms. The van der Waals surface area contributed by atoms with Gasteiger partial charge in [0.05, 0.1) is 16.8 Å². The summed E-state index contributed by atoms with van der Waals surface area (Å²) >= 11 is 0. The fourth-order valence-electron chi connectivity index (χ4n) is 5.89. The van der Waals surface area contributed by atoms with Crippen molar-refractivity contribution >= 4 is 36.8 Å². The predicted molar refractivity (Wildman–Crippen MR) is 210 cm³/mol. The highest BCUT2D eigenvalue weighted by Gasteiger charge is 2.50. The van der Waals surface area contributed by atoms with E-state index in [1.807, 2.05) is 19.1 Å². The van der Waals surface area contributed by atoms with Gasteiger partial charge in [0.2, 0.25) is 0 Å². The fraction of sp³-hybridized carbons (Fsp3) is 0.463. The maximum absolute atomic E-state index is 14.0. The summed E-state index contributed by atoms with van der Waals surface area (Å²) in [5, 5.41) is 1.86. The molecule has 0 saturated heterocycles. The molecule has 0 heterocycles. The second kappa shape index (κ2) is 16.4. The van der Waals surface area contributed by atoms with E-state index < -0.39 is 31.7 Å². The Bertz CT molecular complexity index is 1560. The van der Waals surface area contributed by atoms with Gasteiger partial charge in [-0.3, -0.25) is 0 Å². The highest BCUT2D eigenvalue weighted by Crippen LogP contribution is 2.38. The summed E-state index contributed by atoms with van der Waals surface area (Å²) in [6.45, 7) is 25.4. The zero-order valence-electron chi connectivity index (χ0n) is 31.3. The second-order valence-electron chi connectivity index (χ2n) is 15.8. The maximum atomic E-state index is 14.0.